The van der Waals surface area contributed by atoms with Gasteiger partial charge >= 0.3 is 0 Å². The second-order valence-electron chi connectivity index (χ2n) is 5.96. The van der Waals surface area contributed by atoms with E-state index in [0.29, 0.717) is 0 Å². The van der Waals surface area contributed by atoms with E-state index in [4.69, 9.17) is 4.42 Å². The number of furan rings is 1. The van der Waals surface area contributed by atoms with Gasteiger partial charge in [-0.15, -0.1) is 0 Å². The van der Waals surface area contributed by atoms with Gasteiger partial charge in [0.05, 0.1) is 6.26 Å². The van der Waals surface area contributed by atoms with Crippen LogP contribution in [0.3, 0.4) is 0 Å². The molecular formula is C16H24N2O. The molecule has 0 aliphatic heterocycles. The molecule has 0 fully saturated rings. The Hall–Kier alpha value is -1.32. The molecule has 0 radical (unpaired) electrons. The fourth-order valence-electron chi connectivity index (χ4n) is 2.07. The highest BCUT2D eigenvalue weighted by Gasteiger charge is 2.07. The zero-order chi connectivity index (χ0) is 13.7. The molecule has 104 valence electrons. The van der Waals surface area contributed by atoms with Gasteiger partial charge in [0.1, 0.15) is 5.58 Å². The first-order valence-corrected chi connectivity index (χ1v) is 6.97. The summed E-state index contributed by atoms with van der Waals surface area (Å²) >= 11 is 0. The minimum absolute atomic E-state index is 0.209. The summed E-state index contributed by atoms with van der Waals surface area (Å²) in [5.41, 5.74) is 2.41. The van der Waals surface area contributed by atoms with Crippen molar-refractivity contribution < 1.29 is 4.42 Å². The summed E-state index contributed by atoms with van der Waals surface area (Å²) in [5.74, 6) is 0. The van der Waals surface area contributed by atoms with Gasteiger partial charge in [0.2, 0.25) is 0 Å². The third-order valence-electron chi connectivity index (χ3n) is 3.06. The van der Waals surface area contributed by atoms with Crippen LogP contribution in [0.5, 0.6) is 0 Å². The summed E-state index contributed by atoms with van der Waals surface area (Å²) < 4.78 is 5.52. The van der Waals surface area contributed by atoms with Crippen molar-refractivity contribution in [3.63, 3.8) is 0 Å². The van der Waals surface area contributed by atoms with Gasteiger partial charge in [-0.1, -0.05) is 18.2 Å². The normalized spacial score (nSPS) is 12.2. The van der Waals surface area contributed by atoms with Gasteiger partial charge in [0.15, 0.2) is 0 Å². The van der Waals surface area contributed by atoms with E-state index in [-0.39, 0.29) is 5.54 Å². The highest BCUT2D eigenvalue weighted by atomic mass is 16.3. The fraction of sp³-hybridized carbons (Fsp3) is 0.500. The van der Waals surface area contributed by atoms with Crippen molar-refractivity contribution in [2.24, 2.45) is 0 Å². The summed E-state index contributed by atoms with van der Waals surface area (Å²) in [6.45, 7) is 9.51. The van der Waals surface area contributed by atoms with Crippen LogP contribution in [0.25, 0.3) is 11.0 Å². The first-order chi connectivity index (χ1) is 9.06. The van der Waals surface area contributed by atoms with Crippen LogP contribution in [0.2, 0.25) is 0 Å². The average Bonchev–Trinajstić information content (AvgIpc) is 2.76. The van der Waals surface area contributed by atoms with Gasteiger partial charge < -0.3 is 15.1 Å². The van der Waals surface area contributed by atoms with Crippen molar-refractivity contribution >= 4 is 11.0 Å². The first-order valence-electron chi connectivity index (χ1n) is 6.97. The van der Waals surface area contributed by atoms with Crippen molar-refractivity contribution in [3.05, 3.63) is 36.1 Å². The lowest BCUT2D eigenvalue weighted by molar-refractivity contribution is 0.418. The summed E-state index contributed by atoms with van der Waals surface area (Å²) in [6, 6.07) is 8.17. The van der Waals surface area contributed by atoms with Gasteiger partial charge in [-0.05, 0) is 46.3 Å². The maximum Gasteiger partial charge on any atom is 0.134 e. The topological polar surface area (TPSA) is 37.2 Å². The SMILES string of the molecule is CC(C)(C)NCCCNCc1coc2ccccc12. The zero-order valence-electron chi connectivity index (χ0n) is 12.1. The molecule has 0 saturated carbocycles. The molecule has 0 aliphatic rings. The molecule has 0 saturated heterocycles. The monoisotopic (exact) mass is 260 g/mol. The molecule has 0 bridgehead atoms. The Morgan fingerprint density at radius 2 is 1.89 bits per heavy atom. The average molecular weight is 260 g/mol. The zero-order valence-corrected chi connectivity index (χ0v) is 12.1. The number of fused-ring (bicyclic) bond motifs is 1. The van der Waals surface area contributed by atoms with Crippen LogP contribution in [0, 0.1) is 0 Å². The van der Waals surface area contributed by atoms with Crippen molar-refractivity contribution in [2.75, 3.05) is 13.1 Å². The molecule has 3 heteroatoms. The smallest absolute Gasteiger partial charge is 0.134 e. The highest BCUT2D eigenvalue weighted by molar-refractivity contribution is 5.80. The standard InChI is InChI=1S/C16H24N2O/c1-16(2,3)18-10-6-9-17-11-13-12-19-15-8-5-4-7-14(13)15/h4-5,7-8,12,17-18H,6,9-11H2,1-3H3. The molecule has 1 heterocycles. The molecular weight excluding hydrogens is 236 g/mol. The Morgan fingerprint density at radius 3 is 2.68 bits per heavy atom. The van der Waals surface area contributed by atoms with Crippen molar-refractivity contribution in [3.8, 4) is 0 Å². The van der Waals surface area contributed by atoms with E-state index in [0.717, 1.165) is 31.6 Å². The Bertz CT molecular complexity index is 511. The number of hydrogen-bond donors (Lipinski definition) is 2. The molecule has 1 aromatic carbocycles. The van der Waals surface area contributed by atoms with Crippen LogP contribution < -0.4 is 10.6 Å². The highest BCUT2D eigenvalue weighted by Crippen LogP contribution is 2.20. The summed E-state index contributed by atoms with van der Waals surface area (Å²) in [5, 5.41) is 8.16. The molecule has 2 aromatic rings. The number of rotatable bonds is 6. The minimum atomic E-state index is 0.209. The van der Waals surface area contributed by atoms with Gasteiger partial charge in [-0.25, -0.2) is 0 Å². The number of hydrogen-bond acceptors (Lipinski definition) is 3. The minimum Gasteiger partial charge on any atom is -0.464 e. The number of nitrogens with one attached hydrogen (secondary N) is 2. The fourth-order valence-corrected chi connectivity index (χ4v) is 2.07. The summed E-state index contributed by atoms with van der Waals surface area (Å²) in [6.07, 6.45) is 2.98. The second-order valence-corrected chi connectivity index (χ2v) is 5.96. The molecule has 3 nitrogen and oxygen atoms in total. The molecule has 19 heavy (non-hydrogen) atoms. The van der Waals surface area contributed by atoms with E-state index in [1.807, 2.05) is 18.4 Å². The molecule has 0 spiro atoms. The van der Waals surface area contributed by atoms with Crippen LogP contribution in [0.1, 0.15) is 32.8 Å². The van der Waals surface area contributed by atoms with Crippen LogP contribution >= 0.6 is 0 Å². The van der Waals surface area contributed by atoms with Crippen molar-refractivity contribution in [1.29, 1.82) is 0 Å². The Morgan fingerprint density at radius 1 is 1.11 bits per heavy atom. The largest absolute Gasteiger partial charge is 0.464 e. The lowest BCUT2D eigenvalue weighted by Crippen LogP contribution is -2.37. The van der Waals surface area contributed by atoms with E-state index >= 15 is 0 Å². The lowest BCUT2D eigenvalue weighted by Gasteiger charge is -2.20. The van der Waals surface area contributed by atoms with Gasteiger partial charge in [-0.3, -0.25) is 0 Å². The third-order valence-corrected chi connectivity index (χ3v) is 3.06. The molecule has 0 atom stereocenters. The molecule has 0 amide bonds. The van der Waals surface area contributed by atoms with Crippen LogP contribution in [-0.2, 0) is 6.54 Å². The predicted octanol–water partition coefficient (Wildman–Crippen LogP) is 3.30. The first kappa shape index (κ1) is 14.1. The van der Waals surface area contributed by atoms with Crippen molar-refractivity contribution in [1.82, 2.24) is 10.6 Å². The number of para-hydroxylation sites is 1. The Labute approximate surface area is 115 Å². The molecule has 2 rings (SSSR count). The van der Waals surface area contributed by atoms with Crippen molar-refractivity contribution in [2.45, 2.75) is 39.3 Å². The van der Waals surface area contributed by atoms with E-state index < -0.39 is 0 Å². The number of benzene rings is 1. The molecule has 0 aliphatic carbocycles. The van der Waals surface area contributed by atoms with E-state index in [2.05, 4.69) is 43.5 Å². The van der Waals surface area contributed by atoms with E-state index in [9.17, 15) is 0 Å². The summed E-state index contributed by atoms with van der Waals surface area (Å²) in [4.78, 5) is 0. The molecule has 2 N–H and O–H groups in total. The Balaban J connectivity index is 1.71. The van der Waals surface area contributed by atoms with Crippen LogP contribution in [0.15, 0.2) is 34.9 Å². The van der Waals surface area contributed by atoms with Gasteiger partial charge in [-0.2, -0.15) is 0 Å². The Kier molecular flexibility index (Phi) is 4.61. The molecule has 1 aromatic heterocycles. The lowest BCUT2D eigenvalue weighted by atomic mass is 10.1. The maximum absolute atomic E-state index is 5.52. The summed E-state index contributed by atoms with van der Waals surface area (Å²) in [7, 11) is 0. The van der Waals surface area contributed by atoms with E-state index in [1.165, 1.54) is 10.9 Å². The van der Waals surface area contributed by atoms with Crippen LogP contribution in [-0.4, -0.2) is 18.6 Å². The van der Waals surface area contributed by atoms with Crippen LogP contribution in [0.4, 0.5) is 0 Å². The quantitative estimate of drug-likeness (QED) is 0.783. The van der Waals surface area contributed by atoms with Gasteiger partial charge in [0.25, 0.3) is 0 Å². The maximum atomic E-state index is 5.52. The third kappa shape index (κ3) is 4.37. The molecule has 0 unspecified atom stereocenters. The van der Waals surface area contributed by atoms with Gasteiger partial charge in [0, 0.05) is 23.0 Å². The second kappa shape index (κ2) is 6.22. The predicted molar refractivity (Wildman–Crippen MR) is 80.3 cm³/mol. The van der Waals surface area contributed by atoms with E-state index in [1.54, 1.807) is 0 Å².